The lowest BCUT2D eigenvalue weighted by molar-refractivity contribution is -0.0935. The van der Waals surface area contributed by atoms with Crippen molar-refractivity contribution in [2.45, 2.75) is 19.3 Å². The van der Waals surface area contributed by atoms with Crippen molar-refractivity contribution in [2.75, 3.05) is 13.2 Å². The van der Waals surface area contributed by atoms with E-state index in [1.807, 2.05) is 6.92 Å². The van der Waals surface area contributed by atoms with Gasteiger partial charge in [-0.25, -0.2) is 0 Å². The van der Waals surface area contributed by atoms with E-state index in [4.69, 9.17) is 9.84 Å². The summed E-state index contributed by atoms with van der Waals surface area (Å²) in [6.45, 7) is 3.34. The minimum absolute atomic E-state index is 0.204. The van der Waals surface area contributed by atoms with Crippen LogP contribution in [0.15, 0.2) is 0 Å². The maximum atomic E-state index is 8.90. The van der Waals surface area contributed by atoms with Gasteiger partial charge in [0.2, 0.25) is 0 Å². The molecule has 1 aliphatic heterocycles. The molecule has 3 heteroatoms. The van der Waals surface area contributed by atoms with E-state index in [2.05, 4.69) is 5.32 Å². The standard InChI is InChI=1S/C5H11NO2/c1-2-8-5(7)4-3-6-4/h4-7H,2-3H2,1H3. The van der Waals surface area contributed by atoms with Crippen LogP contribution < -0.4 is 5.32 Å². The van der Waals surface area contributed by atoms with Gasteiger partial charge >= 0.3 is 0 Å². The predicted molar refractivity (Wildman–Crippen MR) is 29.4 cm³/mol. The lowest BCUT2D eigenvalue weighted by atomic mass is 10.5. The van der Waals surface area contributed by atoms with Gasteiger partial charge in [-0.3, -0.25) is 0 Å². The fraction of sp³-hybridized carbons (Fsp3) is 1.00. The van der Waals surface area contributed by atoms with Crippen LogP contribution in [-0.4, -0.2) is 30.6 Å². The summed E-state index contributed by atoms with van der Waals surface area (Å²) in [7, 11) is 0. The lowest BCUT2D eigenvalue weighted by Crippen LogP contribution is -2.20. The van der Waals surface area contributed by atoms with E-state index in [1.165, 1.54) is 0 Å². The Bertz CT molecular complexity index is 72.8. The maximum Gasteiger partial charge on any atom is 0.171 e. The van der Waals surface area contributed by atoms with Crippen molar-refractivity contribution >= 4 is 0 Å². The van der Waals surface area contributed by atoms with Crippen LogP contribution in [0.5, 0.6) is 0 Å². The highest BCUT2D eigenvalue weighted by Crippen LogP contribution is 2.03. The van der Waals surface area contributed by atoms with E-state index >= 15 is 0 Å². The summed E-state index contributed by atoms with van der Waals surface area (Å²) < 4.78 is 4.86. The summed E-state index contributed by atoms with van der Waals surface area (Å²) in [6, 6.07) is 0.204. The predicted octanol–water partition coefficient (Wildman–Crippen LogP) is -0.687. The van der Waals surface area contributed by atoms with E-state index in [0.717, 1.165) is 6.54 Å². The number of nitrogens with one attached hydrogen (secondary N) is 1. The molecule has 1 fully saturated rings. The monoisotopic (exact) mass is 117 g/mol. The second-order valence-corrected chi connectivity index (χ2v) is 1.86. The van der Waals surface area contributed by atoms with E-state index in [0.29, 0.717) is 6.61 Å². The van der Waals surface area contributed by atoms with Gasteiger partial charge in [-0.05, 0) is 6.92 Å². The summed E-state index contributed by atoms with van der Waals surface area (Å²) in [5.41, 5.74) is 0. The third-order valence-corrected chi connectivity index (χ3v) is 1.12. The van der Waals surface area contributed by atoms with Crippen molar-refractivity contribution in [3.8, 4) is 0 Å². The number of aliphatic hydroxyl groups is 1. The zero-order valence-electron chi connectivity index (χ0n) is 4.92. The summed E-state index contributed by atoms with van der Waals surface area (Å²) >= 11 is 0. The third-order valence-electron chi connectivity index (χ3n) is 1.12. The first-order chi connectivity index (χ1) is 3.84. The maximum absolute atomic E-state index is 8.90. The summed E-state index contributed by atoms with van der Waals surface area (Å²) in [6.07, 6.45) is -0.583. The van der Waals surface area contributed by atoms with Crippen molar-refractivity contribution in [1.82, 2.24) is 5.32 Å². The van der Waals surface area contributed by atoms with Crippen LogP contribution >= 0.6 is 0 Å². The SMILES string of the molecule is CCOC(O)C1CN1. The average molecular weight is 117 g/mol. The Hall–Kier alpha value is -0.120. The van der Waals surface area contributed by atoms with E-state index in [1.54, 1.807) is 0 Å². The molecular weight excluding hydrogens is 106 g/mol. The Morgan fingerprint density at radius 3 is 3.00 bits per heavy atom. The minimum atomic E-state index is -0.583. The first-order valence-corrected chi connectivity index (χ1v) is 2.87. The third kappa shape index (κ3) is 1.43. The normalized spacial score (nSPS) is 30.0. The molecule has 1 rings (SSSR count). The van der Waals surface area contributed by atoms with E-state index < -0.39 is 6.29 Å². The highest BCUT2D eigenvalue weighted by molar-refractivity contribution is 4.85. The second-order valence-electron chi connectivity index (χ2n) is 1.86. The van der Waals surface area contributed by atoms with Crippen LogP contribution in [0.1, 0.15) is 6.92 Å². The van der Waals surface area contributed by atoms with Crippen molar-refractivity contribution in [3.63, 3.8) is 0 Å². The molecule has 0 spiro atoms. The van der Waals surface area contributed by atoms with Gasteiger partial charge < -0.3 is 15.2 Å². The van der Waals surface area contributed by atoms with Gasteiger partial charge in [0.1, 0.15) is 0 Å². The van der Waals surface area contributed by atoms with Gasteiger partial charge in [-0.1, -0.05) is 0 Å². The molecule has 0 radical (unpaired) electrons. The number of ether oxygens (including phenoxy) is 1. The number of aliphatic hydroxyl groups excluding tert-OH is 1. The Morgan fingerprint density at radius 2 is 2.62 bits per heavy atom. The van der Waals surface area contributed by atoms with Gasteiger partial charge in [-0.2, -0.15) is 0 Å². The van der Waals surface area contributed by atoms with Crippen LogP contribution in [0.4, 0.5) is 0 Å². The molecule has 8 heavy (non-hydrogen) atoms. The number of hydrogen-bond acceptors (Lipinski definition) is 3. The molecule has 0 aromatic rings. The smallest absolute Gasteiger partial charge is 0.171 e. The molecule has 2 unspecified atom stereocenters. The Labute approximate surface area is 48.7 Å². The molecule has 2 N–H and O–H groups in total. The molecule has 1 heterocycles. The minimum Gasteiger partial charge on any atom is -0.367 e. The van der Waals surface area contributed by atoms with Crippen molar-refractivity contribution in [3.05, 3.63) is 0 Å². The van der Waals surface area contributed by atoms with Crippen molar-refractivity contribution in [1.29, 1.82) is 0 Å². The molecule has 0 amide bonds. The molecule has 0 aliphatic carbocycles. The van der Waals surface area contributed by atoms with Gasteiger partial charge in [-0.15, -0.1) is 0 Å². The Kier molecular flexibility index (Phi) is 1.83. The lowest BCUT2D eigenvalue weighted by Gasteiger charge is -2.05. The molecule has 0 aromatic heterocycles. The van der Waals surface area contributed by atoms with E-state index in [9.17, 15) is 0 Å². The van der Waals surface area contributed by atoms with Gasteiger partial charge in [0.05, 0.1) is 6.04 Å². The fourth-order valence-electron chi connectivity index (χ4n) is 0.557. The van der Waals surface area contributed by atoms with Crippen LogP contribution in [-0.2, 0) is 4.74 Å². The second kappa shape index (κ2) is 2.44. The van der Waals surface area contributed by atoms with Crippen LogP contribution in [0.3, 0.4) is 0 Å². The summed E-state index contributed by atoms with van der Waals surface area (Å²) in [5, 5.41) is 11.8. The van der Waals surface area contributed by atoms with E-state index in [-0.39, 0.29) is 6.04 Å². The highest BCUT2D eigenvalue weighted by Gasteiger charge is 2.28. The molecule has 48 valence electrons. The number of hydrogen-bond donors (Lipinski definition) is 2. The fourth-order valence-corrected chi connectivity index (χ4v) is 0.557. The zero-order valence-corrected chi connectivity index (χ0v) is 4.92. The van der Waals surface area contributed by atoms with Crippen molar-refractivity contribution in [2.24, 2.45) is 0 Å². The molecule has 3 nitrogen and oxygen atoms in total. The first kappa shape index (κ1) is 6.01. The van der Waals surface area contributed by atoms with Gasteiger partial charge in [0.25, 0.3) is 0 Å². The summed E-state index contributed by atoms with van der Waals surface area (Å²) in [5.74, 6) is 0. The molecule has 0 saturated carbocycles. The molecule has 0 bridgehead atoms. The number of rotatable bonds is 3. The van der Waals surface area contributed by atoms with Gasteiger partial charge in [0, 0.05) is 13.2 Å². The molecule has 1 saturated heterocycles. The molecular formula is C5H11NO2. The first-order valence-electron chi connectivity index (χ1n) is 2.87. The van der Waals surface area contributed by atoms with Gasteiger partial charge in [0.15, 0.2) is 6.29 Å². The molecule has 2 atom stereocenters. The van der Waals surface area contributed by atoms with Crippen LogP contribution in [0.2, 0.25) is 0 Å². The largest absolute Gasteiger partial charge is 0.367 e. The van der Waals surface area contributed by atoms with Crippen molar-refractivity contribution < 1.29 is 9.84 Å². The quantitative estimate of drug-likeness (QED) is 0.380. The molecule has 0 aromatic carbocycles. The van der Waals surface area contributed by atoms with Crippen LogP contribution in [0.25, 0.3) is 0 Å². The van der Waals surface area contributed by atoms with Crippen LogP contribution in [0, 0.1) is 0 Å². The average Bonchev–Trinajstić information content (AvgIpc) is 2.45. The summed E-state index contributed by atoms with van der Waals surface area (Å²) in [4.78, 5) is 0. The highest BCUT2D eigenvalue weighted by atomic mass is 16.6. The Balaban J connectivity index is 2.03. The zero-order chi connectivity index (χ0) is 5.98. The Morgan fingerprint density at radius 1 is 2.00 bits per heavy atom. The topological polar surface area (TPSA) is 51.4 Å². The molecule has 1 aliphatic rings.